The summed E-state index contributed by atoms with van der Waals surface area (Å²) in [7, 11) is -3.82. The molecule has 1 amide bonds. The predicted molar refractivity (Wildman–Crippen MR) is 111 cm³/mol. The first-order valence-corrected chi connectivity index (χ1v) is 11.7. The average Bonchev–Trinajstić information content (AvgIpc) is 3.40. The van der Waals surface area contributed by atoms with Crippen molar-refractivity contribution in [2.75, 3.05) is 5.32 Å². The fraction of sp³-hybridized carbons (Fsp3) is 0.158. The highest BCUT2D eigenvalue weighted by molar-refractivity contribution is 7.91. The summed E-state index contributed by atoms with van der Waals surface area (Å²) >= 11 is 2.47. The van der Waals surface area contributed by atoms with Crippen LogP contribution in [0.25, 0.3) is 0 Å². The highest BCUT2D eigenvalue weighted by Gasteiger charge is 2.33. The first kappa shape index (κ1) is 20.4. The fourth-order valence-electron chi connectivity index (χ4n) is 2.62. The van der Waals surface area contributed by atoms with Gasteiger partial charge >= 0.3 is 0 Å². The number of anilines is 1. The molecular weight excluding hydrogens is 416 g/mol. The lowest BCUT2D eigenvalue weighted by molar-refractivity contribution is -0.137. The van der Waals surface area contributed by atoms with Crippen molar-refractivity contribution in [3.63, 3.8) is 0 Å². The highest BCUT2D eigenvalue weighted by atomic mass is 32.2. The van der Waals surface area contributed by atoms with Gasteiger partial charge in [0.15, 0.2) is 0 Å². The molecule has 0 fully saturated rings. The van der Waals surface area contributed by atoms with E-state index in [-0.39, 0.29) is 4.21 Å². The van der Waals surface area contributed by atoms with Gasteiger partial charge < -0.3 is 5.32 Å². The molecule has 0 aliphatic carbocycles. The van der Waals surface area contributed by atoms with Crippen LogP contribution in [0, 0.1) is 5.92 Å². The Hall–Kier alpha value is -2.33. The van der Waals surface area contributed by atoms with Gasteiger partial charge in [-0.1, -0.05) is 31.2 Å². The smallest absolute Gasteiger partial charge is 0.292 e. The van der Waals surface area contributed by atoms with Crippen molar-refractivity contribution < 1.29 is 18.0 Å². The van der Waals surface area contributed by atoms with Crippen LogP contribution in [-0.2, 0) is 19.6 Å². The largest absolute Gasteiger partial charge is 0.319 e. The van der Waals surface area contributed by atoms with Crippen LogP contribution in [-0.4, -0.2) is 20.1 Å². The van der Waals surface area contributed by atoms with E-state index in [0.717, 1.165) is 11.3 Å². The number of thiophene rings is 2. The van der Waals surface area contributed by atoms with Crippen LogP contribution < -0.4 is 10.0 Å². The third-order valence-electron chi connectivity index (χ3n) is 4.11. The van der Waals surface area contributed by atoms with Gasteiger partial charge in [-0.2, -0.15) is 11.3 Å². The van der Waals surface area contributed by atoms with E-state index < -0.39 is 33.7 Å². The van der Waals surface area contributed by atoms with Gasteiger partial charge in [-0.15, -0.1) is 11.3 Å². The van der Waals surface area contributed by atoms with Crippen molar-refractivity contribution in [1.82, 2.24) is 4.72 Å². The lowest BCUT2D eigenvalue weighted by atomic mass is 9.93. The van der Waals surface area contributed by atoms with Crippen molar-refractivity contribution in [3.05, 3.63) is 70.2 Å². The monoisotopic (exact) mass is 434 g/mol. The molecule has 0 spiro atoms. The molecule has 0 bridgehead atoms. The number of hydrogen-bond donors (Lipinski definition) is 2. The van der Waals surface area contributed by atoms with Gasteiger partial charge in [0.1, 0.15) is 4.21 Å². The van der Waals surface area contributed by atoms with Crippen molar-refractivity contribution in [1.29, 1.82) is 0 Å². The fourth-order valence-corrected chi connectivity index (χ4v) is 5.64. The minimum absolute atomic E-state index is 0.154. The SMILES string of the molecule is C[C@@H](C(=O)C(=O)Nc1ccccc1)[C@@H](NS(=O)(=O)c1cccs1)c1ccsc1. The zero-order chi connectivity index (χ0) is 20.1. The topological polar surface area (TPSA) is 92.3 Å². The highest BCUT2D eigenvalue weighted by Crippen LogP contribution is 2.28. The number of rotatable bonds is 8. The molecule has 0 aliphatic heterocycles. The summed E-state index contributed by atoms with van der Waals surface area (Å²) in [5.74, 6) is -2.38. The molecule has 2 N–H and O–H groups in total. The Bertz CT molecular complexity index is 1030. The summed E-state index contributed by atoms with van der Waals surface area (Å²) in [5, 5.41) is 7.77. The Morgan fingerprint density at radius 1 is 1.00 bits per heavy atom. The Balaban J connectivity index is 1.82. The summed E-state index contributed by atoms with van der Waals surface area (Å²) < 4.78 is 28.1. The number of ketones is 1. The summed E-state index contributed by atoms with van der Waals surface area (Å²) in [5.41, 5.74) is 1.14. The van der Waals surface area contributed by atoms with E-state index in [2.05, 4.69) is 10.0 Å². The molecule has 9 heteroatoms. The van der Waals surface area contributed by atoms with Crippen LogP contribution in [0.4, 0.5) is 5.69 Å². The maximum Gasteiger partial charge on any atom is 0.292 e. The number of carbonyl (C=O) groups is 2. The van der Waals surface area contributed by atoms with Gasteiger partial charge in [0, 0.05) is 11.6 Å². The lowest BCUT2D eigenvalue weighted by Crippen LogP contribution is -2.39. The Kier molecular flexibility index (Phi) is 6.40. The van der Waals surface area contributed by atoms with Crippen LogP contribution >= 0.6 is 22.7 Å². The number of carbonyl (C=O) groups excluding carboxylic acids is 2. The standard InChI is InChI=1S/C19H18N2O4S3/c1-13(18(22)19(23)20-15-6-3-2-4-7-15)17(14-9-11-26-12-14)21-28(24,25)16-8-5-10-27-16/h2-13,17,21H,1H3,(H,20,23)/t13-,17-/m1/s1. The van der Waals surface area contributed by atoms with Gasteiger partial charge in [-0.25, -0.2) is 13.1 Å². The first-order chi connectivity index (χ1) is 13.4. The molecule has 3 rings (SSSR count). The molecule has 1 aromatic carbocycles. The number of para-hydroxylation sites is 1. The van der Waals surface area contributed by atoms with Crippen LogP contribution in [0.5, 0.6) is 0 Å². The molecule has 2 heterocycles. The normalized spacial score (nSPS) is 13.6. The number of nitrogens with one attached hydrogen (secondary N) is 2. The average molecular weight is 435 g/mol. The maximum absolute atomic E-state index is 12.7. The number of amides is 1. The number of benzene rings is 1. The Morgan fingerprint density at radius 3 is 2.36 bits per heavy atom. The van der Waals surface area contributed by atoms with Crippen molar-refractivity contribution >= 4 is 50.1 Å². The minimum atomic E-state index is -3.82. The molecule has 0 saturated heterocycles. The quantitative estimate of drug-likeness (QED) is 0.529. The molecule has 0 aliphatic rings. The van der Waals surface area contributed by atoms with E-state index in [9.17, 15) is 18.0 Å². The third kappa shape index (κ3) is 4.74. The molecule has 2 aromatic heterocycles. The number of hydrogen-bond acceptors (Lipinski definition) is 6. The van der Waals surface area contributed by atoms with Crippen molar-refractivity contribution in [2.45, 2.75) is 17.2 Å². The van der Waals surface area contributed by atoms with Gasteiger partial charge in [0.25, 0.3) is 15.9 Å². The zero-order valence-corrected chi connectivity index (χ0v) is 17.3. The zero-order valence-electron chi connectivity index (χ0n) is 14.9. The summed E-state index contributed by atoms with van der Waals surface area (Å²) in [6.07, 6.45) is 0. The van der Waals surface area contributed by atoms with Gasteiger partial charge in [0.2, 0.25) is 5.78 Å². The lowest BCUT2D eigenvalue weighted by Gasteiger charge is -2.23. The van der Waals surface area contributed by atoms with Crippen molar-refractivity contribution in [2.24, 2.45) is 5.92 Å². The van der Waals surface area contributed by atoms with E-state index in [0.29, 0.717) is 11.3 Å². The molecule has 2 atom stereocenters. The number of sulfonamides is 1. The summed E-state index contributed by atoms with van der Waals surface area (Å²) in [4.78, 5) is 25.1. The molecule has 6 nitrogen and oxygen atoms in total. The molecule has 0 saturated carbocycles. The third-order valence-corrected chi connectivity index (χ3v) is 7.65. The molecule has 0 unspecified atom stereocenters. The van der Waals surface area contributed by atoms with E-state index in [1.165, 1.54) is 17.4 Å². The van der Waals surface area contributed by atoms with Crippen LogP contribution in [0.3, 0.4) is 0 Å². The van der Waals surface area contributed by atoms with Crippen LogP contribution in [0.15, 0.2) is 68.9 Å². The van der Waals surface area contributed by atoms with Gasteiger partial charge in [-0.05, 0) is 46.0 Å². The Labute approximate surface area is 171 Å². The first-order valence-electron chi connectivity index (χ1n) is 8.36. The van der Waals surface area contributed by atoms with E-state index >= 15 is 0 Å². The van der Waals surface area contributed by atoms with E-state index in [1.54, 1.807) is 65.5 Å². The molecular formula is C19H18N2O4S3. The molecule has 28 heavy (non-hydrogen) atoms. The summed E-state index contributed by atoms with van der Waals surface area (Å²) in [6.45, 7) is 1.55. The predicted octanol–water partition coefficient (Wildman–Crippen LogP) is 3.67. The minimum Gasteiger partial charge on any atom is -0.319 e. The Morgan fingerprint density at radius 2 is 1.75 bits per heavy atom. The molecule has 0 radical (unpaired) electrons. The van der Waals surface area contributed by atoms with Crippen LogP contribution in [0.1, 0.15) is 18.5 Å². The van der Waals surface area contributed by atoms with Crippen LogP contribution in [0.2, 0.25) is 0 Å². The van der Waals surface area contributed by atoms with E-state index in [1.807, 2.05) is 0 Å². The van der Waals surface area contributed by atoms with Gasteiger partial charge in [-0.3, -0.25) is 9.59 Å². The second kappa shape index (κ2) is 8.78. The second-order valence-electron chi connectivity index (χ2n) is 6.06. The second-order valence-corrected chi connectivity index (χ2v) is 9.73. The summed E-state index contributed by atoms with van der Waals surface area (Å²) in [6, 6.07) is 12.6. The number of Topliss-reactive ketones (excluding diaryl/α,β-unsaturated/α-hetero) is 1. The molecule has 3 aromatic rings. The van der Waals surface area contributed by atoms with Gasteiger partial charge in [0.05, 0.1) is 6.04 Å². The maximum atomic E-state index is 12.7. The molecule has 146 valence electrons. The van der Waals surface area contributed by atoms with Crippen molar-refractivity contribution in [3.8, 4) is 0 Å². The van der Waals surface area contributed by atoms with E-state index in [4.69, 9.17) is 0 Å².